The predicted octanol–water partition coefficient (Wildman–Crippen LogP) is 1.40. The molecule has 0 bridgehead atoms. The number of anilines is 1. The minimum atomic E-state index is -1.02. The number of carbonyl (C=O) groups is 1. The highest BCUT2D eigenvalue weighted by Crippen LogP contribution is 2.24. The van der Waals surface area contributed by atoms with E-state index in [1.807, 2.05) is 20.8 Å². The van der Waals surface area contributed by atoms with Crippen LogP contribution in [0.15, 0.2) is 6.07 Å². The molecule has 1 aromatic rings. The van der Waals surface area contributed by atoms with Gasteiger partial charge in [0.05, 0.1) is 0 Å². The molecular weight excluding hydrogens is 256 g/mol. The lowest BCUT2D eigenvalue weighted by Gasteiger charge is -2.32. The van der Waals surface area contributed by atoms with E-state index in [1.165, 1.54) is 0 Å². The van der Waals surface area contributed by atoms with Crippen LogP contribution in [0.25, 0.3) is 0 Å². The van der Waals surface area contributed by atoms with Crippen LogP contribution in [-0.2, 0) is 5.41 Å². The highest BCUT2D eigenvalue weighted by molar-refractivity contribution is 5.86. The van der Waals surface area contributed by atoms with Gasteiger partial charge in [0.25, 0.3) is 0 Å². The maximum Gasteiger partial charge on any atom is 0.354 e. The summed E-state index contributed by atoms with van der Waals surface area (Å²) < 4.78 is 0. The third-order valence-corrected chi connectivity index (χ3v) is 3.47. The van der Waals surface area contributed by atoms with Crippen molar-refractivity contribution < 1.29 is 9.90 Å². The van der Waals surface area contributed by atoms with E-state index in [-0.39, 0.29) is 17.2 Å². The van der Waals surface area contributed by atoms with E-state index in [9.17, 15) is 9.90 Å². The fraction of sp³-hybridized carbons (Fsp3) is 0.643. The summed E-state index contributed by atoms with van der Waals surface area (Å²) in [5.74, 6) is 0.226. The molecule has 0 saturated carbocycles. The molecule has 6 heteroatoms. The van der Waals surface area contributed by atoms with E-state index < -0.39 is 5.97 Å². The molecular formula is C14H22N4O2. The minimum Gasteiger partial charge on any atom is -0.477 e. The van der Waals surface area contributed by atoms with Crippen LogP contribution in [0, 0.1) is 0 Å². The average molecular weight is 278 g/mol. The SMILES string of the molecule is CC(C)(C)c1nc(C(=O)O)cc(N2CCC(N)CC2)n1. The Morgan fingerprint density at radius 3 is 2.45 bits per heavy atom. The van der Waals surface area contributed by atoms with Crippen molar-refractivity contribution in [1.82, 2.24) is 9.97 Å². The number of nitrogens with two attached hydrogens (primary N) is 1. The first-order chi connectivity index (χ1) is 9.27. The van der Waals surface area contributed by atoms with Gasteiger partial charge in [-0.15, -0.1) is 0 Å². The largest absolute Gasteiger partial charge is 0.477 e. The van der Waals surface area contributed by atoms with Crippen molar-refractivity contribution in [2.24, 2.45) is 5.73 Å². The van der Waals surface area contributed by atoms with Crippen LogP contribution >= 0.6 is 0 Å². The van der Waals surface area contributed by atoms with Crippen molar-refractivity contribution in [3.8, 4) is 0 Å². The molecule has 3 N–H and O–H groups in total. The van der Waals surface area contributed by atoms with Crippen molar-refractivity contribution >= 4 is 11.8 Å². The van der Waals surface area contributed by atoms with Gasteiger partial charge in [-0.3, -0.25) is 0 Å². The first-order valence-corrected chi connectivity index (χ1v) is 6.91. The molecule has 1 fully saturated rings. The fourth-order valence-electron chi connectivity index (χ4n) is 2.17. The number of hydrogen-bond acceptors (Lipinski definition) is 5. The molecule has 0 aromatic carbocycles. The van der Waals surface area contributed by atoms with Crippen LogP contribution in [-0.4, -0.2) is 40.2 Å². The van der Waals surface area contributed by atoms with E-state index in [2.05, 4.69) is 14.9 Å². The Kier molecular flexibility index (Phi) is 3.94. The third kappa shape index (κ3) is 3.25. The van der Waals surface area contributed by atoms with Gasteiger partial charge in [0.1, 0.15) is 11.6 Å². The number of piperidine rings is 1. The number of hydrogen-bond donors (Lipinski definition) is 2. The molecule has 6 nitrogen and oxygen atoms in total. The number of carboxylic acids is 1. The quantitative estimate of drug-likeness (QED) is 0.849. The summed E-state index contributed by atoms with van der Waals surface area (Å²) in [6.45, 7) is 7.54. The summed E-state index contributed by atoms with van der Waals surface area (Å²) in [5, 5.41) is 9.21. The Labute approximate surface area is 119 Å². The first-order valence-electron chi connectivity index (χ1n) is 6.91. The van der Waals surface area contributed by atoms with Crippen LogP contribution in [0.5, 0.6) is 0 Å². The van der Waals surface area contributed by atoms with Gasteiger partial charge in [0, 0.05) is 30.6 Å². The lowest BCUT2D eigenvalue weighted by Crippen LogP contribution is -2.40. The second-order valence-corrected chi connectivity index (χ2v) is 6.31. The van der Waals surface area contributed by atoms with Crippen molar-refractivity contribution in [2.75, 3.05) is 18.0 Å². The molecule has 1 aliphatic heterocycles. The zero-order chi connectivity index (χ0) is 14.9. The number of aromatic nitrogens is 2. The van der Waals surface area contributed by atoms with Crippen LogP contribution in [0.3, 0.4) is 0 Å². The van der Waals surface area contributed by atoms with Gasteiger partial charge in [-0.2, -0.15) is 0 Å². The van der Waals surface area contributed by atoms with E-state index in [4.69, 9.17) is 5.73 Å². The standard InChI is InChI=1S/C14H22N4O2/c1-14(2,3)13-16-10(12(19)20)8-11(17-13)18-6-4-9(15)5-7-18/h8-9H,4-7,15H2,1-3H3,(H,19,20). The molecule has 1 aliphatic rings. The highest BCUT2D eigenvalue weighted by atomic mass is 16.4. The molecule has 0 unspecified atom stereocenters. The van der Waals surface area contributed by atoms with Gasteiger partial charge in [-0.05, 0) is 12.8 Å². The Hall–Kier alpha value is -1.69. The molecule has 2 heterocycles. The number of carboxylic acid groups (broad SMARTS) is 1. The number of nitrogens with zero attached hydrogens (tertiary/aromatic N) is 3. The van der Waals surface area contributed by atoms with Crippen molar-refractivity contribution in [3.05, 3.63) is 17.6 Å². The second kappa shape index (κ2) is 5.36. The normalized spacial score (nSPS) is 17.3. The second-order valence-electron chi connectivity index (χ2n) is 6.31. The Morgan fingerprint density at radius 2 is 1.95 bits per heavy atom. The van der Waals surface area contributed by atoms with E-state index in [1.54, 1.807) is 6.07 Å². The Bertz CT molecular complexity index is 502. The molecule has 0 atom stereocenters. The van der Waals surface area contributed by atoms with Crippen LogP contribution in [0.2, 0.25) is 0 Å². The van der Waals surface area contributed by atoms with E-state index >= 15 is 0 Å². The molecule has 0 amide bonds. The first kappa shape index (κ1) is 14.7. The molecule has 0 radical (unpaired) electrons. The van der Waals surface area contributed by atoms with Crippen LogP contribution in [0.1, 0.15) is 49.9 Å². The fourth-order valence-corrected chi connectivity index (χ4v) is 2.17. The highest BCUT2D eigenvalue weighted by Gasteiger charge is 2.24. The summed E-state index contributed by atoms with van der Waals surface area (Å²) in [6, 6.07) is 1.78. The molecule has 1 saturated heterocycles. The monoisotopic (exact) mass is 278 g/mol. The minimum absolute atomic E-state index is 0.0507. The van der Waals surface area contributed by atoms with E-state index in [0.29, 0.717) is 11.6 Å². The summed E-state index contributed by atoms with van der Waals surface area (Å²) in [7, 11) is 0. The van der Waals surface area contributed by atoms with Gasteiger partial charge in [-0.25, -0.2) is 14.8 Å². The van der Waals surface area contributed by atoms with E-state index in [0.717, 1.165) is 25.9 Å². The van der Waals surface area contributed by atoms with Crippen molar-refractivity contribution in [2.45, 2.75) is 45.1 Å². The zero-order valence-electron chi connectivity index (χ0n) is 12.3. The number of rotatable bonds is 2. The lowest BCUT2D eigenvalue weighted by atomic mass is 9.95. The van der Waals surface area contributed by atoms with Gasteiger partial charge in [-0.1, -0.05) is 20.8 Å². The van der Waals surface area contributed by atoms with Gasteiger partial charge < -0.3 is 15.7 Å². The third-order valence-electron chi connectivity index (χ3n) is 3.47. The Morgan fingerprint density at radius 1 is 1.35 bits per heavy atom. The average Bonchev–Trinajstić information content (AvgIpc) is 2.38. The summed E-state index contributed by atoms with van der Waals surface area (Å²) in [6.07, 6.45) is 1.80. The molecule has 0 aliphatic carbocycles. The molecule has 2 rings (SSSR count). The zero-order valence-corrected chi connectivity index (χ0v) is 12.3. The lowest BCUT2D eigenvalue weighted by molar-refractivity contribution is 0.0689. The van der Waals surface area contributed by atoms with Gasteiger partial charge in [0.2, 0.25) is 0 Å². The van der Waals surface area contributed by atoms with Crippen molar-refractivity contribution in [1.29, 1.82) is 0 Å². The van der Waals surface area contributed by atoms with Gasteiger partial charge in [0.15, 0.2) is 5.69 Å². The number of aromatic carboxylic acids is 1. The maximum absolute atomic E-state index is 11.2. The Balaban J connectivity index is 2.37. The molecule has 0 spiro atoms. The molecule has 110 valence electrons. The van der Waals surface area contributed by atoms with Crippen molar-refractivity contribution in [3.63, 3.8) is 0 Å². The van der Waals surface area contributed by atoms with Gasteiger partial charge >= 0.3 is 5.97 Å². The topological polar surface area (TPSA) is 92.3 Å². The van der Waals surface area contributed by atoms with Crippen LogP contribution < -0.4 is 10.6 Å². The summed E-state index contributed by atoms with van der Waals surface area (Å²) in [5.41, 5.74) is 5.66. The predicted molar refractivity (Wildman–Crippen MR) is 77.1 cm³/mol. The smallest absolute Gasteiger partial charge is 0.354 e. The van der Waals surface area contributed by atoms with Crippen LogP contribution in [0.4, 0.5) is 5.82 Å². The molecule has 20 heavy (non-hydrogen) atoms. The maximum atomic E-state index is 11.2. The summed E-state index contributed by atoms with van der Waals surface area (Å²) >= 11 is 0. The summed E-state index contributed by atoms with van der Waals surface area (Å²) in [4.78, 5) is 22.0. The molecule has 1 aromatic heterocycles.